The number of carbonyl (C=O) groups excluding carboxylic acids is 1. The predicted octanol–water partition coefficient (Wildman–Crippen LogP) is 2.63. The first-order valence-corrected chi connectivity index (χ1v) is 6.54. The van der Waals surface area contributed by atoms with Crippen LogP contribution in [-0.4, -0.2) is 28.5 Å². The smallest absolute Gasteiger partial charge is 0.251 e. The van der Waals surface area contributed by atoms with Crippen LogP contribution in [0.4, 0.5) is 0 Å². The Balaban J connectivity index is 2.30. The van der Waals surface area contributed by atoms with Gasteiger partial charge in [-0.2, -0.15) is 0 Å². The minimum absolute atomic E-state index is 0.229. The molecule has 0 bridgehead atoms. The lowest BCUT2D eigenvalue weighted by Gasteiger charge is -2.06. The second kappa shape index (κ2) is 7.82. The molecule has 0 atom stereocenters. The van der Waals surface area contributed by atoms with Crippen LogP contribution in [0.5, 0.6) is 11.5 Å². The molecule has 0 saturated carbocycles. The van der Waals surface area contributed by atoms with Crippen LogP contribution in [0.25, 0.3) is 0 Å². The van der Waals surface area contributed by atoms with Crippen LogP contribution in [-0.2, 0) is 0 Å². The Morgan fingerprint density at radius 2 is 1.83 bits per heavy atom. The van der Waals surface area contributed by atoms with Crippen LogP contribution >= 0.6 is 11.6 Å². The highest BCUT2D eigenvalue weighted by atomic mass is 35.5. The zero-order valence-electron chi connectivity index (χ0n) is 10.2. The highest BCUT2D eigenvalue weighted by Crippen LogP contribution is 2.24. The van der Waals surface area contributed by atoms with E-state index in [1.54, 1.807) is 0 Å². The van der Waals surface area contributed by atoms with Gasteiger partial charge in [0.1, 0.15) is 0 Å². The first-order valence-electron chi connectivity index (χ1n) is 6.01. The fraction of sp³-hybridized carbons (Fsp3) is 0.462. The molecule has 1 rings (SSSR count). The van der Waals surface area contributed by atoms with E-state index < -0.39 is 0 Å². The largest absolute Gasteiger partial charge is 0.504 e. The number of halogens is 1. The Labute approximate surface area is 112 Å². The first-order chi connectivity index (χ1) is 8.65. The maximum absolute atomic E-state index is 11.7. The van der Waals surface area contributed by atoms with Gasteiger partial charge >= 0.3 is 0 Å². The summed E-state index contributed by atoms with van der Waals surface area (Å²) in [6.07, 6.45) is 4.02. The summed E-state index contributed by atoms with van der Waals surface area (Å²) in [5.74, 6) is -0.0842. The molecule has 0 aliphatic rings. The van der Waals surface area contributed by atoms with Gasteiger partial charge in [-0.05, 0) is 31.0 Å². The van der Waals surface area contributed by atoms with Crippen molar-refractivity contribution in [3.05, 3.63) is 23.8 Å². The molecule has 3 N–H and O–H groups in total. The van der Waals surface area contributed by atoms with Crippen LogP contribution in [0.3, 0.4) is 0 Å². The molecule has 5 heteroatoms. The van der Waals surface area contributed by atoms with Gasteiger partial charge in [0.25, 0.3) is 5.91 Å². The number of hydrogen-bond acceptors (Lipinski definition) is 3. The summed E-state index contributed by atoms with van der Waals surface area (Å²) in [5, 5.41) is 21.2. The van der Waals surface area contributed by atoms with Crippen LogP contribution in [0, 0.1) is 0 Å². The maximum Gasteiger partial charge on any atom is 0.251 e. The molecular formula is C13H18ClNO3. The van der Waals surface area contributed by atoms with E-state index in [1.165, 1.54) is 18.2 Å². The number of rotatable bonds is 7. The van der Waals surface area contributed by atoms with E-state index in [0.717, 1.165) is 25.7 Å². The second-order valence-corrected chi connectivity index (χ2v) is 4.44. The number of phenolic OH excluding ortho intramolecular Hbond substituents is 2. The third-order valence-electron chi connectivity index (χ3n) is 2.58. The summed E-state index contributed by atoms with van der Waals surface area (Å²) in [4.78, 5) is 11.7. The number of nitrogens with one attached hydrogen (secondary N) is 1. The lowest BCUT2D eigenvalue weighted by Crippen LogP contribution is -2.24. The Bertz CT molecular complexity index is 396. The van der Waals surface area contributed by atoms with Gasteiger partial charge in [-0.25, -0.2) is 0 Å². The molecule has 0 spiro atoms. The van der Waals surface area contributed by atoms with Crippen molar-refractivity contribution in [2.24, 2.45) is 0 Å². The molecule has 0 unspecified atom stereocenters. The fourth-order valence-electron chi connectivity index (χ4n) is 1.54. The van der Waals surface area contributed by atoms with Crippen molar-refractivity contribution in [3.63, 3.8) is 0 Å². The SMILES string of the molecule is O=C(NCCCCCCCl)c1ccc(O)c(O)c1. The van der Waals surface area contributed by atoms with Gasteiger partial charge < -0.3 is 15.5 Å². The number of benzene rings is 1. The average Bonchev–Trinajstić information content (AvgIpc) is 2.36. The quantitative estimate of drug-likeness (QED) is 0.406. The molecule has 4 nitrogen and oxygen atoms in total. The molecule has 0 aromatic heterocycles. The van der Waals surface area contributed by atoms with E-state index in [-0.39, 0.29) is 17.4 Å². The van der Waals surface area contributed by atoms with Crippen LogP contribution in [0.15, 0.2) is 18.2 Å². The molecule has 1 aromatic carbocycles. The molecule has 0 aliphatic heterocycles. The van der Waals surface area contributed by atoms with Gasteiger partial charge in [-0.1, -0.05) is 12.8 Å². The zero-order chi connectivity index (χ0) is 13.4. The van der Waals surface area contributed by atoms with Gasteiger partial charge in [0.05, 0.1) is 0 Å². The highest BCUT2D eigenvalue weighted by molar-refractivity contribution is 6.17. The third kappa shape index (κ3) is 4.84. The summed E-state index contributed by atoms with van der Waals surface area (Å²) in [5.41, 5.74) is 0.339. The Hall–Kier alpha value is -1.42. The van der Waals surface area contributed by atoms with Crippen molar-refractivity contribution < 1.29 is 15.0 Å². The molecule has 0 heterocycles. The fourth-order valence-corrected chi connectivity index (χ4v) is 1.73. The van der Waals surface area contributed by atoms with E-state index in [0.29, 0.717) is 18.0 Å². The number of phenols is 2. The van der Waals surface area contributed by atoms with Gasteiger partial charge in [0, 0.05) is 18.0 Å². The van der Waals surface area contributed by atoms with Gasteiger partial charge in [0.15, 0.2) is 11.5 Å². The number of unbranched alkanes of at least 4 members (excludes halogenated alkanes) is 3. The molecule has 100 valence electrons. The summed E-state index contributed by atoms with van der Waals surface area (Å²) >= 11 is 5.56. The topological polar surface area (TPSA) is 69.6 Å². The van der Waals surface area contributed by atoms with Crippen molar-refractivity contribution in [1.29, 1.82) is 0 Å². The van der Waals surface area contributed by atoms with E-state index >= 15 is 0 Å². The lowest BCUT2D eigenvalue weighted by atomic mass is 10.1. The number of aromatic hydroxyl groups is 2. The molecule has 0 radical (unpaired) electrons. The molecule has 1 aromatic rings. The van der Waals surface area contributed by atoms with Crippen LogP contribution in [0.1, 0.15) is 36.0 Å². The number of carbonyl (C=O) groups is 1. The van der Waals surface area contributed by atoms with E-state index in [9.17, 15) is 9.90 Å². The first kappa shape index (κ1) is 14.6. The third-order valence-corrected chi connectivity index (χ3v) is 2.85. The van der Waals surface area contributed by atoms with Gasteiger partial charge in [0.2, 0.25) is 0 Å². The van der Waals surface area contributed by atoms with E-state index in [4.69, 9.17) is 16.7 Å². The standard InChI is InChI=1S/C13H18ClNO3/c14-7-3-1-2-4-8-15-13(18)10-5-6-11(16)12(17)9-10/h5-6,9,16-17H,1-4,7-8H2,(H,15,18). The van der Waals surface area contributed by atoms with Gasteiger partial charge in [-0.3, -0.25) is 4.79 Å². The minimum atomic E-state index is -0.287. The molecular weight excluding hydrogens is 254 g/mol. The van der Waals surface area contributed by atoms with Crippen molar-refractivity contribution in [2.75, 3.05) is 12.4 Å². The van der Waals surface area contributed by atoms with E-state index in [2.05, 4.69) is 5.32 Å². The average molecular weight is 272 g/mol. The predicted molar refractivity (Wildman–Crippen MR) is 71.3 cm³/mol. The molecule has 18 heavy (non-hydrogen) atoms. The molecule has 0 fully saturated rings. The minimum Gasteiger partial charge on any atom is -0.504 e. The number of alkyl halides is 1. The Morgan fingerprint density at radius 3 is 2.50 bits per heavy atom. The maximum atomic E-state index is 11.7. The Kier molecular flexibility index (Phi) is 6.36. The molecule has 1 amide bonds. The van der Waals surface area contributed by atoms with Crippen molar-refractivity contribution in [3.8, 4) is 11.5 Å². The number of amides is 1. The van der Waals surface area contributed by atoms with Crippen molar-refractivity contribution in [1.82, 2.24) is 5.32 Å². The van der Waals surface area contributed by atoms with Crippen LogP contribution in [0.2, 0.25) is 0 Å². The number of hydrogen-bond donors (Lipinski definition) is 3. The summed E-state index contributed by atoms with van der Waals surface area (Å²) in [6, 6.07) is 4.01. The Morgan fingerprint density at radius 1 is 1.11 bits per heavy atom. The van der Waals surface area contributed by atoms with Crippen molar-refractivity contribution in [2.45, 2.75) is 25.7 Å². The molecule has 0 aliphatic carbocycles. The van der Waals surface area contributed by atoms with Crippen molar-refractivity contribution >= 4 is 17.5 Å². The zero-order valence-corrected chi connectivity index (χ0v) is 10.9. The normalized spacial score (nSPS) is 10.3. The summed E-state index contributed by atoms with van der Waals surface area (Å²) < 4.78 is 0. The molecule has 0 saturated heterocycles. The van der Waals surface area contributed by atoms with E-state index in [1.807, 2.05) is 0 Å². The lowest BCUT2D eigenvalue weighted by molar-refractivity contribution is 0.0952. The van der Waals surface area contributed by atoms with Crippen LogP contribution < -0.4 is 5.32 Å². The highest BCUT2D eigenvalue weighted by Gasteiger charge is 2.07. The summed E-state index contributed by atoms with van der Waals surface area (Å²) in [7, 11) is 0. The monoisotopic (exact) mass is 271 g/mol. The van der Waals surface area contributed by atoms with Gasteiger partial charge in [-0.15, -0.1) is 11.6 Å². The summed E-state index contributed by atoms with van der Waals surface area (Å²) in [6.45, 7) is 0.600. The second-order valence-electron chi connectivity index (χ2n) is 4.06.